The first-order chi connectivity index (χ1) is 7.09. The van der Waals surface area contributed by atoms with Gasteiger partial charge in [0.2, 0.25) is 0 Å². The number of halogens is 1. The highest BCUT2D eigenvalue weighted by Crippen LogP contribution is 2.28. The molecule has 0 aliphatic rings. The molecule has 1 aromatic heterocycles. The largest absolute Gasteiger partial charge is 0.393 e. The van der Waals surface area contributed by atoms with Gasteiger partial charge in [0.25, 0.3) is 0 Å². The maximum Gasteiger partial charge on any atom is 0.0553 e. The summed E-state index contributed by atoms with van der Waals surface area (Å²) < 4.78 is 3.20. The van der Waals surface area contributed by atoms with Crippen LogP contribution in [0.1, 0.15) is 12.5 Å². The van der Waals surface area contributed by atoms with Crippen molar-refractivity contribution in [2.24, 2.45) is 7.05 Å². The van der Waals surface area contributed by atoms with Crippen LogP contribution in [-0.4, -0.2) is 15.8 Å². The second-order valence-electron chi connectivity index (χ2n) is 3.95. The molecule has 1 atom stereocenters. The second kappa shape index (κ2) is 3.99. The van der Waals surface area contributed by atoms with Crippen molar-refractivity contribution >= 4 is 26.8 Å². The topological polar surface area (TPSA) is 25.2 Å². The molecule has 0 aliphatic carbocycles. The molecule has 0 fully saturated rings. The SMILES string of the molecule is CC(O)Cc1cccc2c(Br)cn(C)c12. The number of fused-ring (bicyclic) bond motifs is 1. The first-order valence-corrected chi connectivity index (χ1v) is 5.79. The monoisotopic (exact) mass is 267 g/mol. The fraction of sp³-hybridized carbons (Fsp3) is 0.333. The van der Waals surface area contributed by atoms with Crippen molar-refractivity contribution in [3.8, 4) is 0 Å². The van der Waals surface area contributed by atoms with Crippen LogP contribution in [0.15, 0.2) is 28.9 Å². The Bertz CT molecular complexity index is 488. The minimum absolute atomic E-state index is 0.302. The number of aromatic nitrogens is 1. The fourth-order valence-electron chi connectivity index (χ4n) is 1.99. The zero-order valence-electron chi connectivity index (χ0n) is 8.87. The van der Waals surface area contributed by atoms with Crippen molar-refractivity contribution in [3.63, 3.8) is 0 Å². The number of rotatable bonds is 2. The number of hydrogen-bond acceptors (Lipinski definition) is 1. The van der Waals surface area contributed by atoms with E-state index in [4.69, 9.17) is 0 Å². The van der Waals surface area contributed by atoms with Gasteiger partial charge >= 0.3 is 0 Å². The van der Waals surface area contributed by atoms with Gasteiger partial charge in [-0.1, -0.05) is 18.2 Å². The number of aryl methyl sites for hydroxylation is 1. The molecule has 1 N–H and O–H groups in total. The van der Waals surface area contributed by atoms with E-state index >= 15 is 0 Å². The van der Waals surface area contributed by atoms with Gasteiger partial charge in [0.1, 0.15) is 0 Å². The third-order valence-corrected chi connectivity index (χ3v) is 3.18. The quantitative estimate of drug-likeness (QED) is 0.890. The number of nitrogens with zero attached hydrogens (tertiary/aromatic N) is 1. The predicted octanol–water partition coefficient (Wildman–Crippen LogP) is 2.86. The van der Waals surface area contributed by atoms with Crippen LogP contribution in [0.3, 0.4) is 0 Å². The Morgan fingerprint density at radius 1 is 1.47 bits per heavy atom. The molecule has 0 spiro atoms. The molecule has 0 saturated carbocycles. The number of aliphatic hydroxyl groups is 1. The number of hydrogen-bond donors (Lipinski definition) is 1. The summed E-state index contributed by atoms with van der Waals surface area (Å²) in [5, 5.41) is 10.6. The third-order valence-electron chi connectivity index (χ3n) is 2.55. The van der Waals surface area contributed by atoms with Crippen LogP contribution in [0.25, 0.3) is 10.9 Å². The molecule has 2 aromatic rings. The van der Waals surface area contributed by atoms with E-state index < -0.39 is 0 Å². The molecule has 0 amide bonds. The molecule has 0 saturated heterocycles. The first kappa shape index (κ1) is 10.7. The summed E-state index contributed by atoms with van der Waals surface area (Å²) in [6.07, 6.45) is 2.45. The molecule has 1 unspecified atom stereocenters. The van der Waals surface area contributed by atoms with Gasteiger partial charge in [0.05, 0.1) is 11.6 Å². The Morgan fingerprint density at radius 2 is 2.20 bits per heavy atom. The van der Waals surface area contributed by atoms with Crippen LogP contribution in [0.4, 0.5) is 0 Å². The summed E-state index contributed by atoms with van der Waals surface area (Å²) in [6.45, 7) is 1.82. The second-order valence-corrected chi connectivity index (χ2v) is 4.81. The van der Waals surface area contributed by atoms with Gasteiger partial charge in [0.15, 0.2) is 0 Å². The lowest BCUT2D eigenvalue weighted by molar-refractivity contribution is 0.196. The van der Waals surface area contributed by atoms with Crippen LogP contribution >= 0.6 is 15.9 Å². The fourth-order valence-corrected chi connectivity index (χ4v) is 2.61. The van der Waals surface area contributed by atoms with Gasteiger partial charge in [-0.25, -0.2) is 0 Å². The molecular weight excluding hydrogens is 254 g/mol. The lowest BCUT2D eigenvalue weighted by atomic mass is 10.1. The summed E-state index contributed by atoms with van der Waals surface area (Å²) in [5.41, 5.74) is 2.39. The number of para-hydroxylation sites is 1. The molecular formula is C12H14BrNO. The number of aliphatic hydroxyl groups excluding tert-OH is 1. The average molecular weight is 268 g/mol. The van der Waals surface area contributed by atoms with E-state index in [1.165, 1.54) is 16.5 Å². The van der Waals surface area contributed by atoms with Crippen molar-refractivity contribution in [3.05, 3.63) is 34.4 Å². The highest BCUT2D eigenvalue weighted by atomic mass is 79.9. The van der Waals surface area contributed by atoms with Crippen LogP contribution < -0.4 is 0 Å². The summed E-state index contributed by atoms with van der Waals surface area (Å²) in [6, 6.07) is 6.19. The molecule has 1 heterocycles. The van der Waals surface area contributed by atoms with E-state index in [1.807, 2.05) is 20.0 Å². The molecule has 15 heavy (non-hydrogen) atoms. The Hall–Kier alpha value is -0.800. The van der Waals surface area contributed by atoms with E-state index in [0.717, 1.165) is 4.47 Å². The van der Waals surface area contributed by atoms with E-state index in [0.29, 0.717) is 6.42 Å². The summed E-state index contributed by atoms with van der Waals surface area (Å²) in [5.74, 6) is 0. The van der Waals surface area contributed by atoms with Crippen LogP contribution in [-0.2, 0) is 13.5 Å². The van der Waals surface area contributed by atoms with E-state index in [2.05, 4.69) is 38.8 Å². The summed E-state index contributed by atoms with van der Waals surface area (Å²) >= 11 is 3.53. The Kier molecular flexibility index (Phi) is 2.85. The van der Waals surface area contributed by atoms with Gasteiger partial charge in [-0.05, 0) is 28.4 Å². The highest BCUT2D eigenvalue weighted by molar-refractivity contribution is 9.10. The average Bonchev–Trinajstić information content (AvgIpc) is 2.43. The molecule has 0 aliphatic heterocycles. The van der Waals surface area contributed by atoms with Crippen molar-refractivity contribution in [2.75, 3.05) is 0 Å². The molecule has 2 nitrogen and oxygen atoms in total. The zero-order valence-corrected chi connectivity index (χ0v) is 10.5. The van der Waals surface area contributed by atoms with Crippen molar-refractivity contribution in [1.29, 1.82) is 0 Å². The lowest BCUT2D eigenvalue weighted by Gasteiger charge is -2.07. The van der Waals surface area contributed by atoms with E-state index in [-0.39, 0.29) is 6.10 Å². The predicted molar refractivity (Wildman–Crippen MR) is 66.0 cm³/mol. The maximum absolute atomic E-state index is 9.44. The maximum atomic E-state index is 9.44. The minimum atomic E-state index is -0.302. The van der Waals surface area contributed by atoms with E-state index in [1.54, 1.807) is 0 Å². The normalized spacial score (nSPS) is 13.3. The van der Waals surface area contributed by atoms with E-state index in [9.17, 15) is 5.11 Å². The lowest BCUT2D eigenvalue weighted by Crippen LogP contribution is -2.05. The van der Waals surface area contributed by atoms with Crippen molar-refractivity contribution < 1.29 is 5.11 Å². The molecule has 0 radical (unpaired) electrons. The van der Waals surface area contributed by atoms with Gasteiger partial charge in [-0.3, -0.25) is 0 Å². The minimum Gasteiger partial charge on any atom is -0.393 e. The van der Waals surface area contributed by atoms with Gasteiger partial charge in [0, 0.05) is 29.5 Å². The first-order valence-electron chi connectivity index (χ1n) is 5.00. The Morgan fingerprint density at radius 3 is 2.87 bits per heavy atom. The van der Waals surface area contributed by atoms with Gasteiger partial charge in [-0.2, -0.15) is 0 Å². The van der Waals surface area contributed by atoms with Crippen LogP contribution in [0.5, 0.6) is 0 Å². The third kappa shape index (κ3) is 1.94. The Balaban J connectivity index is 2.64. The summed E-state index contributed by atoms with van der Waals surface area (Å²) in [7, 11) is 2.03. The van der Waals surface area contributed by atoms with Gasteiger partial charge in [-0.15, -0.1) is 0 Å². The van der Waals surface area contributed by atoms with Gasteiger partial charge < -0.3 is 9.67 Å². The molecule has 80 valence electrons. The zero-order chi connectivity index (χ0) is 11.0. The van der Waals surface area contributed by atoms with Crippen LogP contribution in [0, 0.1) is 0 Å². The van der Waals surface area contributed by atoms with Crippen molar-refractivity contribution in [2.45, 2.75) is 19.4 Å². The standard InChI is InChI=1S/C12H14BrNO/c1-8(15)6-9-4-3-5-10-11(13)7-14(2)12(9)10/h3-5,7-8,15H,6H2,1-2H3. The van der Waals surface area contributed by atoms with Crippen molar-refractivity contribution in [1.82, 2.24) is 4.57 Å². The number of benzene rings is 1. The Labute approximate surface area is 97.7 Å². The molecule has 0 bridgehead atoms. The molecule has 1 aromatic carbocycles. The van der Waals surface area contributed by atoms with Crippen LogP contribution in [0.2, 0.25) is 0 Å². The smallest absolute Gasteiger partial charge is 0.0553 e. The molecule has 3 heteroatoms. The molecule has 2 rings (SSSR count). The highest BCUT2D eigenvalue weighted by Gasteiger charge is 2.09. The summed E-state index contributed by atoms with van der Waals surface area (Å²) in [4.78, 5) is 0.